The summed E-state index contributed by atoms with van der Waals surface area (Å²) in [6, 6.07) is 10.1. The molecule has 1 atom stereocenters. The number of rotatable bonds is 3. The standard InChI is InChI=1S/C20H25N3O/c1-14-6-7-16(3)18(11-14)22-17-8-9-21-19(12-17)20(24)23-10-4-5-15(2)13-23/h6-9,11-12,15H,4-5,10,13H2,1-3H3,(H,21,22). The van der Waals surface area contributed by atoms with Crippen molar-refractivity contribution in [2.24, 2.45) is 5.92 Å². The molecule has 0 aliphatic carbocycles. The van der Waals surface area contributed by atoms with E-state index < -0.39 is 0 Å². The molecule has 0 saturated carbocycles. The lowest BCUT2D eigenvalue weighted by molar-refractivity contribution is 0.0677. The van der Waals surface area contributed by atoms with E-state index in [0.29, 0.717) is 11.6 Å². The van der Waals surface area contributed by atoms with Crippen molar-refractivity contribution >= 4 is 17.3 Å². The van der Waals surface area contributed by atoms with Crippen LogP contribution in [-0.2, 0) is 0 Å². The highest BCUT2D eigenvalue weighted by Crippen LogP contribution is 2.23. The number of carbonyl (C=O) groups is 1. The first-order valence-corrected chi connectivity index (χ1v) is 8.62. The summed E-state index contributed by atoms with van der Waals surface area (Å²) in [4.78, 5) is 18.9. The molecular weight excluding hydrogens is 298 g/mol. The number of pyridine rings is 1. The molecular formula is C20H25N3O. The lowest BCUT2D eigenvalue weighted by Crippen LogP contribution is -2.39. The minimum Gasteiger partial charge on any atom is -0.355 e. The molecule has 1 fully saturated rings. The molecule has 3 rings (SSSR count). The maximum atomic E-state index is 12.7. The molecule has 0 radical (unpaired) electrons. The van der Waals surface area contributed by atoms with Crippen LogP contribution in [0.15, 0.2) is 36.5 Å². The predicted octanol–water partition coefficient (Wildman–Crippen LogP) is 4.31. The van der Waals surface area contributed by atoms with Crippen molar-refractivity contribution in [1.29, 1.82) is 0 Å². The summed E-state index contributed by atoms with van der Waals surface area (Å²) in [6.07, 6.45) is 3.98. The van der Waals surface area contributed by atoms with E-state index in [4.69, 9.17) is 0 Å². The van der Waals surface area contributed by atoms with Gasteiger partial charge in [0.25, 0.3) is 5.91 Å². The van der Waals surface area contributed by atoms with Gasteiger partial charge < -0.3 is 10.2 Å². The normalized spacial score (nSPS) is 17.6. The number of hydrogen-bond acceptors (Lipinski definition) is 3. The monoisotopic (exact) mass is 323 g/mol. The van der Waals surface area contributed by atoms with Crippen molar-refractivity contribution in [2.45, 2.75) is 33.6 Å². The number of aromatic nitrogens is 1. The Morgan fingerprint density at radius 2 is 2.08 bits per heavy atom. The minimum atomic E-state index is 0.0335. The van der Waals surface area contributed by atoms with E-state index >= 15 is 0 Å². The molecule has 2 aromatic rings. The van der Waals surface area contributed by atoms with Crippen LogP contribution in [0.4, 0.5) is 11.4 Å². The molecule has 126 valence electrons. The zero-order valence-electron chi connectivity index (χ0n) is 14.7. The van der Waals surface area contributed by atoms with Crippen molar-refractivity contribution in [1.82, 2.24) is 9.88 Å². The maximum absolute atomic E-state index is 12.7. The topological polar surface area (TPSA) is 45.2 Å². The Morgan fingerprint density at radius 3 is 2.88 bits per heavy atom. The quantitative estimate of drug-likeness (QED) is 0.915. The summed E-state index contributed by atoms with van der Waals surface area (Å²) in [5, 5.41) is 3.41. The van der Waals surface area contributed by atoms with Crippen molar-refractivity contribution in [3.8, 4) is 0 Å². The van der Waals surface area contributed by atoms with E-state index in [1.807, 2.05) is 17.0 Å². The summed E-state index contributed by atoms with van der Waals surface area (Å²) in [7, 11) is 0. The molecule has 4 nitrogen and oxygen atoms in total. The number of benzene rings is 1. The van der Waals surface area contributed by atoms with Gasteiger partial charge in [0.05, 0.1) is 0 Å². The van der Waals surface area contributed by atoms with E-state index in [1.165, 1.54) is 17.5 Å². The van der Waals surface area contributed by atoms with Crippen LogP contribution in [0.3, 0.4) is 0 Å². The summed E-state index contributed by atoms with van der Waals surface area (Å²) in [5.41, 5.74) is 4.85. The minimum absolute atomic E-state index is 0.0335. The number of carbonyl (C=O) groups excluding carboxylic acids is 1. The molecule has 1 aromatic heterocycles. The van der Waals surface area contributed by atoms with Gasteiger partial charge in [-0.1, -0.05) is 19.1 Å². The van der Waals surface area contributed by atoms with E-state index in [-0.39, 0.29) is 5.91 Å². The molecule has 1 amide bonds. The van der Waals surface area contributed by atoms with Crippen LogP contribution in [0.5, 0.6) is 0 Å². The van der Waals surface area contributed by atoms with Gasteiger partial charge in [-0.15, -0.1) is 0 Å². The SMILES string of the molecule is Cc1ccc(C)c(Nc2ccnc(C(=O)N3CCCC(C)C3)c2)c1. The Bertz CT molecular complexity index is 741. The molecule has 1 aromatic carbocycles. The molecule has 24 heavy (non-hydrogen) atoms. The highest BCUT2D eigenvalue weighted by atomic mass is 16.2. The third-order valence-corrected chi connectivity index (χ3v) is 4.60. The molecule has 1 unspecified atom stereocenters. The van der Waals surface area contributed by atoms with E-state index in [9.17, 15) is 4.79 Å². The number of likely N-dealkylation sites (tertiary alicyclic amines) is 1. The first-order valence-electron chi connectivity index (χ1n) is 8.62. The Kier molecular flexibility index (Phi) is 4.84. The van der Waals surface area contributed by atoms with Crippen LogP contribution in [0.2, 0.25) is 0 Å². The van der Waals surface area contributed by atoms with Gasteiger partial charge >= 0.3 is 0 Å². The fraction of sp³-hybridized carbons (Fsp3) is 0.400. The molecule has 4 heteroatoms. The third kappa shape index (κ3) is 3.75. The lowest BCUT2D eigenvalue weighted by atomic mass is 10.00. The number of anilines is 2. The van der Waals surface area contributed by atoms with Gasteiger partial charge in [0.1, 0.15) is 5.69 Å². The Labute approximate surface area is 143 Å². The van der Waals surface area contributed by atoms with Crippen molar-refractivity contribution in [3.05, 3.63) is 53.3 Å². The van der Waals surface area contributed by atoms with E-state index in [1.54, 1.807) is 6.20 Å². The molecule has 2 heterocycles. The fourth-order valence-electron chi connectivity index (χ4n) is 3.19. The smallest absolute Gasteiger partial charge is 0.272 e. The number of nitrogens with zero attached hydrogens (tertiary/aromatic N) is 2. The zero-order valence-corrected chi connectivity index (χ0v) is 14.7. The van der Waals surface area contributed by atoms with Crippen LogP contribution in [0.25, 0.3) is 0 Å². The molecule has 1 aliphatic rings. The number of nitrogens with one attached hydrogen (secondary N) is 1. The van der Waals surface area contributed by atoms with Gasteiger partial charge in [0.2, 0.25) is 0 Å². The highest BCUT2D eigenvalue weighted by Gasteiger charge is 2.23. The molecule has 1 saturated heterocycles. The molecule has 1 aliphatic heterocycles. The summed E-state index contributed by atoms with van der Waals surface area (Å²) >= 11 is 0. The number of hydrogen-bond donors (Lipinski definition) is 1. The van der Waals surface area contributed by atoms with Crippen LogP contribution < -0.4 is 5.32 Å². The van der Waals surface area contributed by atoms with Crippen LogP contribution in [0, 0.1) is 19.8 Å². The van der Waals surface area contributed by atoms with Crippen LogP contribution in [-0.4, -0.2) is 28.9 Å². The first-order chi connectivity index (χ1) is 11.5. The van der Waals surface area contributed by atoms with E-state index in [2.05, 4.69) is 49.3 Å². The Hall–Kier alpha value is -2.36. The first kappa shape index (κ1) is 16.5. The summed E-state index contributed by atoms with van der Waals surface area (Å²) < 4.78 is 0. The summed E-state index contributed by atoms with van der Waals surface area (Å²) in [6.45, 7) is 8.01. The van der Waals surface area contributed by atoms with Gasteiger partial charge in [-0.3, -0.25) is 9.78 Å². The molecule has 0 bridgehead atoms. The number of piperidine rings is 1. The van der Waals surface area contributed by atoms with Crippen LogP contribution in [0.1, 0.15) is 41.4 Å². The largest absolute Gasteiger partial charge is 0.355 e. The maximum Gasteiger partial charge on any atom is 0.272 e. The van der Waals surface area contributed by atoms with Gasteiger partial charge in [0.15, 0.2) is 0 Å². The predicted molar refractivity (Wildman–Crippen MR) is 97.7 cm³/mol. The Balaban J connectivity index is 1.78. The molecule has 0 spiro atoms. The molecule has 1 N–H and O–H groups in total. The van der Waals surface area contributed by atoms with E-state index in [0.717, 1.165) is 30.9 Å². The van der Waals surface area contributed by atoms with Crippen molar-refractivity contribution < 1.29 is 4.79 Å². The second-order valence-electron chi connectivity index (χ2n) is 6.87. The average Bonchev–Trinajstić information content (AvgIpc) is 2.58. The lowest BCUT2D eigenvalue weighted by Gasteiger charge is -2.30. The highest BCUT2D eigenvalue weighted by molar-refractivity contribution is 5.93. The van der Waals surface area contributed by atoms with Gasteiger partial charge in [-0.05, 0) is 61.9 Å². The Morgan fingerprint density at radius 1 is 1.25 bits per heavy atom. The second-order valence-corrected chi connectivity index (χ2v) is 6.87. The number of aryl methyl sites for hydroxylation is 2. The second kappa shape index (κ2) is 7.04. The number of amides is 1. The van der Waals surface area contributed by atoms with Crippen molar-refractivity contribution in [3.63, 3.8) is 0 Å². The van der Waals surface area contributed by atoms with Crippen molar-refractivity contribution in [2.75, 3.05) is 18.4 Å². The van der Waals surface area contributed by atoms with Gasteiger partial charge in [-0.2, -0.15) is 0 Å². The fourth-order valence-corrected chi connectivity index (χ4v) is 3.19. The average molecular weight is 323 g/mol. The summed E-state index contributed by atoms with van der Waals surface area (Å²) in [5.74, 6) is 0.602. The zero-order chi connectivity index (χ0) is 17.1. The van der Waals surface area contributed by atoms with Crippen LogP contribution >= 0.6 is 0 Å². The van der Waals surface area contributed by atoms with Gasteiger partial charge in [0, 0.05) is 30.7 Å². The third-order valence-electron chi connectivity index (χ3n) is 4.60. The van der Waals surface area contributed by atoms with Gasteiger partial charge in [-0.25, -0.2) is 0 Å².